The lowest BCUT2D eigenvalue weighted by molar-refractivity contribution is 0.0902. The molecule has 0 unspecified atom stereocenters. The molecule has 1 rings (SSSR count). The molecular formula is C11H19N3O2S. The molecule has 0 radical (unpaired) electrons. The lowest BCUT2D eigenvalue weighted by Crippen LogP contribution is -2.27. The average molecular weight is 257 g/mol. The molecule has 1 heterocycles. The largest absolute Gasteiger partial charge is 0.380 e. The van der Waals surface area contributed by atoms with Crippen LogP contribution in [0.3, 0.4) is 0 Å². The number of thiazole rings is 1. The van der Waals surface area contributed by atoms with E-state index in [4.69, 9.17) is 10.5 Å². The molecule has 0 atom stereocenters. The Labute approximate surface area is 105 Å². The Balaban J connectivity index is 2.09. The van der Waals surface area contributed by atoms with E-state index >= 15 is 0 Å². The topological polar surface area (TPSA) is 77.2 Å². The van der Waals surface area contributed by atoms with Crippen molar-refractivity contribution in [3.8, 4) is 0 Å². The second kappa shape index (κ2) is 7.24. The van der Waals surface area contributed by atoms with E-state index in [-0.39, 0.29) is 5.91 Å². The Hall–Kier alpha value is -1.14. The number of nitrogens with zero attached hydrogens (tertiary/aromatic N) is 1. The van der Waals surface area contributed by atoms with Gasteiger partial charge in [-0.15, -0.1) is 11.3 Å². The van der Waals surface area contributed by atoms with Crippen molar-refractivity contribution in [2.75, 3.05) is 25.5 Å². The van der Waals surface area contributed by atoms with Gasteiger partial charge in [0.25, 0.3) is 5.91 Å². The third-order valence-corrected chi connectivity index (χ3v) is 2.80. The number of anilines is 1. The molecule has 1 aromatic heterocycles. The number of rotatable bonds is 7. The minimum absolute atomic E-state index is 0.203. The molecule has 0 saturated heterocycles. The third kappa shape index (κ3) is 5.65. The molecule has 1 aromatic rings. The van der Waals surface area contributed by atoms with Gasteiger partial charge in [0.05, 0.1) is 6.61 Å². The molecule has 0 fully saturated rings. The summed E-state index contributed by atoms with van der Waals surface area (Å²) in [6, 6.07) is 0. The van der Waals surface area contributed by atoms with E-state index in [1.807, 2.05) is 0 Å². The summed E-state index contributed by atoms with van der Waals surface area (Å²) in [6.45, 7) is 6.05. The van der Waals surface area contributed by atoms with Crippen LogP contribution in [0.15, 0.2) is 5.38 Å². The molecule has 0 aliphatic carbocycles. The van der Waals surface area contributed by atoms with Crippen LogP contribution in [0.1, 0.15) is 30.8 Å². The summed E-state index contributed by atoms with van der Waals surface area (Å²) in [5, 5.41) is 4.77. The van der Waals surface area contributed by atoms with Crippen molar-refractivity contribution in [2.45, 2.75) is 20.3 Å². The number of ether oxygens (including phenoxy) is 1. The fraction of sp³-hybridized carbons (Fsp3) is 0.636. The summed E-state index contributed by atoms with van der Waals surface area (Å²) in [5.41, 5.74) is 5.81. The maximum absolute atomic E-state index is 11.5. The van der Waals surface area contributed by atoms with E-state index in [1.54, 1.807) is 5.38 Å². The number of carbonyl (C=O) groups excluding carboxylic acids is 1. The van der Waals surface area contributed by atoms with Gasteiger partial charge in [0, 0.05) is 18.5 Å². The van der Waals surface area contributed by atoms with Crippen LogP contribution in [0.2, 0.25) is 0 Å². The molecule has 0 aliphatic heterocycles. The second-order valence-electron chi connectivity index (χ2n) is 4.12. The highest BCUT2D eigenvalue weighted by Crippen LogP contribution is 2.10. The summed E-state index contributed by atoms with van der Waals surface area (Å²) in [7, 11) is 0. The normalized spacial score (nSPS) is 10.8. The van der Waals surface area contributed by atoms with Crippen LogP contribution in [-0.4, -0.2) is 30.6 Å². The zero-order chi connectivity index (χ0) is 12.7. The van der Waals surface area contributed by atoms with Gasteiger partial charge in [-0.1, -0.05) is 13.8 Å². The molecule has 0 saturated carbocycles. The highest BCUT2D eigenvalue weighted by Gasteiger charge is 2.08. The van der Waals surface area contributed by atoms with Gasteiger partial charge in [-0.3, -0.25) is 4.79 Å². The Morgan fingerprint density at radius 3 is 2.94 bits per heavy atom. The Bertz CT molecular complexity index is 352. The van der Waals surface area contributed by atoms with Crippen molar-refractivity contribution in [3.05, 3.63) is 11.1 Å². The highest BCUT2D eigenvalue weighted by molar-refractivity contribution is 7.13. The molecule has 0 spiro atoms. The van der Waals surface area contributed by atoms with Crippen molar-refractivity contribution < 1.29 is 9.53 Å². The monoisotopic (exact) mass is 257 g/mol. The number of nitrogen functional groups attached to an aromatic ring is 1. The summed E-state index contributed by atoms with van der Waals surface area (Å²) in [4.78, 5) is 15.4. The molecule has 3 N–H and O–H groups in total. The second-order valence-corrected chi connectivity index (χ2v) is 5.01. The number of carbonyl (C=O) groups is 1. The predicted octanol–water partition coefficient (Wildman–Crippen LogP) is 1.52. The summed E-state index contributed by atoms with van der Waals surface area (Å²) < 4.78 is 5.38. The Morgan fingerprint density at radius 1 is 1.59 bits per heavy atom. The minimum Gasteiger partial charge on any atom is -0.380 e. The van der Waals surface area contributed by atoms with Crippen LogP contribution < -0.4 is 11.1 Å². The molecule has 0 aromatic carbocycles. The van der Waals surface area contributed by atoms with E-state index in [2.05, 4.69) is 24.1 Å². The SMILES string of the molecule is CC(C)CCOCCNC(=O)c1csc(N)n1. The van der Waals surface area contributed by atoms with E-state index in [0.717, 1.165) is 13.0 Å². The molecule has 96 valence electrons. The van der Waals surface area contributed by atoms with Crippen LogP contribution in [-0.2, 0) is 4.74 Å². The first-order valence-corrected chi connectivity index (χ1v) is 6.54. The summed E-state index contributed by atoms with van der Waals surface area (Å²) >= 11 is 1.26. The first kappa shape index (κ1) is 13.9. The molecule has 0 aliphatic rings. The Morgan fingerprint density at radius 2 is 2.35 bits per heavy atom. The third-order valence-electron chi connectivity index (χ3n) is 2.13. The van der Waals surface area contributed by atoms with Crippen molar-refractivity contribution in [1.82, 2.24) is 10.3 Å². The first-order valence-electron chi connectivity index (χ1n) is 5.66. The predicted molar refractivity (Wildman–Crippen MR) is 69.1 cm³/mol. The molecule has 0 bridgehead atoms. The van der Waals surface area contributed by atoms with Gasteiger partial charge in [-0.05, 0) is 12.3 Å². The zero-order valence-corrected chi connectivity index (χ0v) is 11.0. The molecular weight excluding hydrogens is 238 g/mol. The van der Waals surface area contributed by atoms with Crippen LogP contribution >= 0.6 is 11.3 Å². The zero-order valence-electron chi connectivity index (χ0n) is 10.2. The lowest BCUT2D eigenvalue weighted by Gasteiger charge is -2.06. The smallest absolute Gasteiger partial charge is 0.270 e. The lowest BCUT2D eigenvalue weighted by atomic mass is 10.1. The van der Waals surface area contributed by atoms with Gasteiger partial charge in [0.2, 0.25) is 0 Å². The van der Waals surface area contributed by atoms with Gasteiger partial charge in [-0.2, -0.15) is 0 Å². The Kier molecular flexibility index (Phi) is 5.93. The van der Waals surface area contributed by atoms with Gasteiger partial charge in [-0.25, -0.2) is 4.98 Å². The number of aromatic nitrogens is 1. The molecule has 6 heteroatoms. The van der Waals surface area contributed by atoms with Crippen LogP contribution in [0.25, 0.3) is 0 Å². The minimum atomic E-state index is -0.203. The van der Waals surface area contributed by atoms with Crippen molar-refractivity contribution in [2.24, 2.45) is 5.92 Å². The van der Waals surface area contributed by atoms with Gasteiger partial charge in [0.15, 0.2) is 5.13 Å². The average Bonchev–Trinajstić information content (AvgIpc) is 2.69. The highest BCUT2D eigenvalue weighted by atomic mass is 32.1. The van der Waals surface area contributed by atoms with Crippen molar-refractivity contribution in [3.63, 3.8) is 0 Å². The number of nitrogens with two attached hydrogens (primary N) is 1. The summed E-state index contributed by atoms with van der Waals surface area (Å²) in [5.74, 6) is 0.438. The van der Waals surface area contributed by atoms with Crippen LogP contribution in [0.4, 0.5) is 5.13 Å². The maximum atomic E-state index is 11.5. The number of amides is 1. The van der Waals surface area contributed by atoms with Crippen molar-refractivity contribution >= 4 is 22.4 Å². The van der Waals surface area contributed by atoms with Gasteiger partial charge in [0.1, 0.15) is 5.69 Å². The molecule has 17 heavy (non-hydrogen) atoms. The quantitative estimate of drug-likeness (QED) is 0.726. The van der Waals surface area contributed by atoms with Crippen LogP contribution in [0.5, 0.6) is 0 Å². The fourth-order valence-electron chi connectivity index (χ4n) is 1.14. The standard InChI is InChI=1S/C11H19N3O2S/c1-8(2)3-5-16-6-4-13-10(15)9-7-17-11(12)14-9/h7-8H,3-6H2,1-2H3,(H2,12,14)(H,13,15). The molecule has 5 nitrogen and oxygen atoms in total. The molecule has 1 amide bonds. The fourth-order valence-corrected chi connectivity index (χ4v) is 1.68. The van der Waals surface area contributed by atoms with E-state index in [0.29, 0.717) is 29.9 Å². The maximum Gasteiger partial charge on any atom is 0.270 e. The number of hydrogen-bond acceptors (Lipinski definition) is 5. The summed E-state index contributed by atoms with van der Waals surface area (Å²) in [6.07, 6.45) is 1.04. The van der Waals surface area contributed by atoms with Crippen LogP contribution in [0, 0.1) is 5.92 Å². The van der Waals surface area contributed by atoms with Gasteiger partial charge < -0.3 is 15.8 Å². The van der Waals surface area contributed by atoms with Gasteiger partial charge >= 0.3 is 0 Å². The number of hydrogen-bond donors (Lipinski definition) is 2. The van der Waals surface area contributed by atoms with E-state index in [9.17, 15) is 4.79 Å². The first-order chi connectivity index (χ1) is 8.09. The van der Waals surface area contributed by atoms with E-state index < -0.39 is 0 Å². The van der Waals surface area contributed by atoms with Crippen molar-refractivity contribution in [1.29, 1.82) is 0 Å². The number of nitrogens with one attached hydrogen (secondary N) is 1. The van der Waals surface area contributed by atoms with E-state index in [1.165, 1.54) is 11.3 Å².